The molecule has 4 rings (SSSR count). The van der Waals surface area contributed by atoms with E-state index in [1.165, 1.54) is 0 Å². The van der Waals surface area contributed by atoms with E-state index in [-0.39, 0.29) is 11.9 Å². The Hall–Kier alpha value is -2.10. The van der Waals surface area contributed by atoms with Crippen molar-refractivity contribution in [3.05, 3.63) is 70.4 Å². The summed E-state index contributed by atoms with van der Waals surface area (Å²) in [6.07, 6.45) is 2.16. The summed E-state index contributed by atoms with van der Waals surface area (Å²) in [6.45, 7) is 0.427. The lowest BCUT2D eigenvalue weighted by Crippen LogP contribution is -2.01. The molecular formula is C18H14ClNO2. The quantitative estimate of drug-likeness (QED) is 0.764. The van der Waals surface area contributed by atoms with Crippen LogP contribution in [-0.4, -0.2) is 10.8 Å². The van der Waals surface area contributed by atoms with Crippen LogP contribution >= 0.6 is 11.6 Å². The van der Waals surface area contributed by atoms with E-state index < -0.39 is 0 Å². The number of rotatable bonds is 3. The highest BCUT2D eigenvalue weighted by atomic mass is 35.5. The fraction of sp³-hybridized carbons (Fsp3) is 0.167. The van der Waals surface area contributed by atoms with Crippen molar-refractivity contribution in [3.8, 4) is 0 Å². The first-order chi connectivity index (χ1) is 10.7. The predicted molar refractivity (Wildman–Crippen MR) is 86.2 cm³/mol. The Morgan fingerprint density at radius 2 is 2.05 bits per heavy atom. The van der Waals surface area contributed by atoms with Crippen LogP contribution in [0.5, 0.6) is 0 Å². The van der Waals surface area contributed by atoms with Crippen molar-refractivity contribution in [3.63, 3.8) is 0 Å². The molecular weight excluding hydrogens is 298 g/mol. The van der Waals surface area contributed by atoms with Gasteiger partial charge in [-0.3, -0.25) is 4.79 Å². The van der Waals surface area contributed by atoms with E-state index in [2.05, 4.69) is 4.98 Å². The normalized spacial score (nSPS) is 17.1. The summed E-state index contributed by atoms with van der Waals surface area (Å²) in [6, 6.07) is 13.4. The maximum Gasteiger partial charge on any atom is 0.166 e. The molecule has 110 valence electrons. The third-order valence-electron chi connectivity index (χ3n) is 4.16. The molecule has 1 aliphatic rings. The minimum atomic E-state index is -0.170. The molecule has 0 fully saturated rings. The number of aromatic nitrogens is 1. The van der Waals surface area contributed by atoms with Crippen LogP contribution in [0.15, 0.2) is 48.7 Å². The molecule has 0 saturated heterocycles. The first-order valence-corrected chi connectivity index (χ1v) is 7.60. The van der Waals surface area contributed by atoms with Crippen molar-refractivity contribution in [2.45, 2.75) is 19.1 Å². The summed E-state index contributed by atoms with van der Waals surface area (Å²) in [4.78, 5) is 15.2. The standard InChI is InChI=1S/C18H14ClNO2/c19-14-6-3-7-15-18(14)11(9-20-15)10-22-17-8-16(21)12-4-1-2-5-13(12)17/h1-7,9,17,20H,8,10H2. The van der Waals surface area contributed by atoms with Crippen LogP contribution in [0, 0.1) is 0 Å². The number of Topliss-reactive ketones (excluding diaryl/α,β-unsaturated/α-hetero) is 1. The molecule has 1 unspecified atom stereocenters. The van der Waals surface area contributed by atoms with Crippen molar-refractivity contribution in [1.82, 2.24) is 4.98 Å². The maximum absolute atomic E-state index is 12.0. The number of ether oxygens (including phenoxy) is 1. The maximum atomic E-state index is 12.0. The van der Waals surface area contributed by atoms with E-state index in [0.717, 1.165) is 27.6 Å². The van der Waals surface area contributed by atoms with E-state index >= 15 is 0 Å². The summed E-state index contributed by atoms with van der Waals surface area (Å²) in [5, 5.41) is 1.70. The first kappa shape index (κ1) is 13.6. The van der Waals surface area contributed by atoms with Crippen molar-refractivity contribution in [1.29, 1.82) is 0 Å². The number of carbonyl (C=O) groups excluding carboxylic acids is 1. The van der Waals surface area contributed by atoms with Crippen molar-refractivity contribution in [2.24, 2.45) is 0 Å². The van der Waals surface area contributed by atoms with Crippen molar-refractivity contribution < 1.29 is 9.53 Å². The Morgan fingerprint density at radius 3 is 2.95 bits per heavy atom. The number of benzene rings is 2. The summed E-state index contributed by atoms with van der Waals surface area (Å²) in [5.41, 5.74) is 3.77. The zero-order valence-corrected chi connectivity index (χ0v) is 12.6. The van der Waals surface area contributed by atoms with Gasteiger partial charge < -0.3 is 9.72 Å². The van der Waals surface area contributed by atoms with Crippen LogP contribution in [0.25, 0.3) is 10.9 Å². The highest BCUT2D eigenvalue weighted by Crippen LogP contribution is 2.35. The average molecular weight is 312 g/mol. The van der Waals surface area contributed by atoms with Gasteiger partial charge in [0.05, 0.1) is 17.7 Å². The van der Waals surface area contributed by atoms with Crippen LogP contribution < -0.4 is 0 Å². The molecule has 0 saturated carbocycles. The summed E-state index contributed by atoms with van der Waals surface area (Å²) >= 11 is 6.27. The van der Waals surface area contributed by atoms with Gasteiger partial charge in [-0.25, -0.2) is 0 Å². The highest BCUT2D eigenvalue weighted by Gasteiger charge is 2.29. The molecule has 1 heterocycles. The molecule has 2 aromatic carbocycles. The van der Waals surface area contributed by atoms with Gasteiger partial charge in [-0.05, 0) is 17.7 Å². The Bertz CT molecular complexity index is 868. The molecule has 1 atom stereocenters. The lowest BCUT2D eigenvalue weighted by Gasteiger charge is -2.12. The largest absolute Gasteiger partial charge is 0.368 e. The molecule has 0 bridgehead atoms. The Morgan fingerprint density at radius 1 is 1.18 bits per heavy atom. The van der Waals surface area contributed by atoms with Gasteiger partial charge in [-0.15, -0.1) is 0 Å². The third-order valence-corrected chi connectivity index (χ3v) is 4.47. The minimum Gasteiger partial charge on any atom is -0.368 e. The van der Waals surface area contributed by atoms with Crippen LogP contribution in [0.1, 0.15) is 34.0 Å². The topological polar surface area (TPSA) is 42.1 Å². The van der Waals surface area contributed by atoms with Gasteiger partial charge in [0.2, 0.25) is 0 Å². The van der Waals surface area contributed by atoms with Gasteiger partial charge in [-0.2, -0.15) is 0 Å². The average Bonchev–Trinajstić information content (AvgIpc) is 3.08. The monoisotopic (exact) mass is 311 g/mol. The Labute approximate surface area is 132 Å². The van der Waals surface area contributed by atoms with E-state index in [0.29, 0.717) is 18.1 Å². The number of nitrogens with one attached hydrogen (secondary N) is 1. The van der Waals surface area contributed by atoms with Crippen LogP contribution in [0.3, 0.4) is 0 Å². The van der Waals surface area contributed by atoms with Crippen molar-refractivity contribution >= 4 is 28.3 Å². The zero-order chi connectivity index (χ0) is 15.1. The second-order valence-electron chi connectivity index (χ2n) is 5.49. The van der Waals surface area contributed by atoms with E-state index in [4.69, 9.17) is 16.3 Å². The number of aromatic amines is 1. The molecule has 4 heteroatoms. The molecule has 3 nitrogen and oxygen atoms in total. The molecule has 0 spiro atoms. The molecule has 3 aromatic rings. The summed E-state index contributed by atoms with van der Waals surface area (Å²) in [5.74, 6) is 0.151. The fourth-order valence-electron chi connectivity index (χ4n) is 3.08. The van der Waals surface area contributed by atoms with E-state index in [1.807, 2.05) is 48.7 Å². The lowest BCUT2D eigenvalue weighted by atomic mass is 10.1. The zero-order valence-electron chi connectivity index (χ0n) is 11.8. The molecule has 1 aromatic heterocycles. The molecule has 1 aliphatic carbocycles. The summed E-state index contributed by atoms with van der Waals surface area (Å²) in [7, 11) is 0. The number of halogens is 1. The molecule has 22 heavy (non-hydrogen) atoms. The van der Waals surface area contributed by atoms with Gasteiger partial charge in [0.1, 0.15) is 0 Å². The first-order valence-electron chi connectivity index (χ1n) is 7.22. The van der Waals surface area contributed by atoms with Gasteiger partial charge in [0, 0.05) is 34.6 Å². The lowest BCUT2D eigenvalue weighted by molar-refractivity contribution is 0.0401. The molecule has 0 amide bonds. The highest BCUT2D eigenvalue weighted by molar-refractivity contribution is 6.35. The predicted octanol–water partition coefficient (Wildman–Crippen LogP) is 4.67. The van der Waals surface area contributed by atoms with Crippen LogP contribution in [0.4, 0.5) is 0 Å². The molecule has 0 aliphatic heterocycles. The van der Waals surface area contributed by atoms with Crippen LogP contribution in [-0.2, 0) is 11.3 Å². The second-order valence-corrected chi connectivity index (χ2v) is 5.90. The smallest absolute Gasteiger partial charge is 0.166 e. The Kier molecular flexibility index (Phi) is 3.25. The fourth-order valence-corrected chi connectivity index (χ4v) is 3.38. The number of fused-ring (bicyclic) bond motifs is 2. The molecule has 1 N–H and O–H groups in total. The third kappa shape index (κ3) is 2.14. The SMILES string of the molecule is O=C1CC(OCc2c[nH]c3cccc(Cl)c23)c2ccccc21. The number of H-pyrrole nitrogens is 1. The Balaban J connectivity index is 1.60. The number of ketones is 1. The van der Waals surface area contributed by atoms with Crippen molar-refractivity contribution in [2.75, 3.05) is 0 Å². The number of hydrogen-bond donors (Lipinski definition) is 1. The van der Waals surface area contributed by atoms with Gasteiger partial charge in [-0.1, -0.05) is 41.9 Å². The minimum absolute atomic E-state index is 0.151. The number of carbonyl (C=O) groups is 1. The molecule has 0 radical (unpaired) electrons. The number of hydrogen-bond acceptors (Lipinski definition) is 2. The second kappa shape index (κ2) is 5.27. The van der Waals surface area contributed by atoms with E-state index in [9.17, 15) is 4.79 Å². The van der Waals surface area contributed by atoms with Gasteiger partial charge in [0.15, 0.2) is 5.78 Å². The van der Waals surface area contributed by atoms with Gasteiger partial charge in [0.25, 0.3) is 0 Å². The van der Waals surface area contributed by atoms with Crippen LogP contribution in [0.2, 0.25) is 5.02 Å². The van der Waals surface area contributed by atoms with Gasteiger partial charge >= 0.3 is 0 Å². The summed E-state index contributed by atoms with van der Waals surface area (Å²) < 4.78 is 6.01. The van der Waals surface area contributed by atoms with E-state index in [1.54, 1.807) is 0 Å².